The lowest BCUT2D eigenvalue weighted by Crippen LogP contribution is -2.24. The molecular formula is C12H10Br2N2O3S. The van der Waals surface area contributed by atoms with Gasteiger partial charge < -0.3 is 4.57 Å². The number of anilines is 1. The van der Waals surface area contributed by atoms with Gasteiger partial charge in [0.2, 0.25) is 0 Å². The number of hydrogen-bond donors (Lipinski definition) is 1. The summed E-state index contributed by atoms with van der Waals surface area (Å²) in [5.74, 6) is 0. The number of rotatable bonds is 3. The zero-order valence-electron chi connectivity index (χ0n) is 10.3. The van der Waals surface area contributed by atoms with Crippen molar-refractivity contribution in [3.05, 3.63) is 55.8 Å². The topological polar surface area (TPSA) is 68.2 Å². The molecule has 8 heteroatoms. The van der Waals surface area contributed by atoms with E-state index in [1.165, 1.54) is 16.7 Å². The molecule has 0 radical (unpaired) electrons. The van der Waals surface area contributed by atoms with Crippen LogP contribution in [0.4, 0.5) is 5.69 Å². The van der Waals surface area contributed by atoms with Gasteiger partial charge >= 0.3 is 0 Å². The molecule has 0 fully saturated rings. The van der Waals surface area contributed by atoms with Crippen molar-refractivity contribution in [1.29, 1.82) is 0 Å². The number of halogens is 2. The van der Waals surface area contributed by atoms with Crippen molar-refractivity contribution >= 4 is 47.6 Å². The van der Waals surface area contributed by atoms with E-state index in [9.17, 15) is 13.2 Å². The van der Waals surface area contributed by atoms with Gasteiger partial charge in [-0.1, -0.05) is 15.9 Å². The van der Waals surface area contributed by atoms with Crippen LogP contribution in [0.5, 0.6) is 0 Å². The number of aryl methyl sites for hydroxylation is 1. The van der Waals surface area contributed by atoms with Gasteiger partial charge in [-0.05, 0) is 46.3 Å². The van der Waals surface area contributed by atoms with Gasteiger partial charge in [0.15, 0.2) is 0 Å². The van der Waals surface area contributed by atoms with Gasteiger partial charge in [0.1, 0.15) is 10.6 Å². The van der Waals surface area contributed by atoms with Crippen LogP contribution in [0.15, 0.2) is 55.2 Å². The molecule has 1 heterocycles. The summed E-state index contributed by atoms with van der Waals surface area (Å²) in [4.78, 5) is 11.9. The van der Waals surface area contributed by atoms with Gasteiger partial charge in [0, 0.05) is 22.2 Å². The van der Waals surface area contributed by atoms with Gasteiger partial charge in [-0.2, -0.15) is 0 Å². The number of benzene rings is 1. The van der Waals surface area contributed by atoms with Crippen LogP contribution < -0.4 is 10.3 Å². The Morgan fingerprint density at radius 3 is 2.60 bits per heavy atom. The number of nitrogens with one attached hydrogen (secondary N) is 1. The summed E-state index contributed by atoms with van der Waals surface area (Å²) in [6.07, 6.45) is 1.55. The van der Waals surface area contributed by atoms with Gasteiger partial charge in [0.05, 0.1) is 0 Å². The summed E-state index contributed by atoms with van der Waals surface area (Å²) in [7, 11) is -2.30. The number of hydrogen-bond acceptors (Lipinski definition) is 3. The quantitative estimate of drug-likeness (QED) is 0.828. The molecule has 106 valence electrons. The highest BCUT2D eigenvalue weighted by atomic mass is 79.9. The summed E-state index contributed by atoms with van der Waals surface area (Å²) >= 11 is 6.41. The molecule has 0 bridgehead atoms. The first-order valence-corrected chi connectivity index (χ1v) is 8.52. The van der Waals surface area contributed by atoms with E-state index in [4.69, 9.17) is 0 Å². The number of aromatic nitrogens is 1. The maximum absolute atomic E-state index is 12.3. The predicted octanol–water partition coefficient (Wildman–Crippen LogP) is 2.71. The molecule has 0 saturated heterocycles. The van der Waals surface area contributed by atoms with Crippen molar-refractivity contribution in [1.82, 2.24) is 4.57 Å². The standard InChI is InChI=1S/C12H10Br2N2O3S/c1-16-6-2-3-10(12(16)17)15-20(18,19)11-7-8(13)4-5-9(11)14/h2-7,15H,1H3. The third kappa shape index (κ3) is 3.13. The molecule has 0 spiro atoms. The summed E-state index contributed by atoms with van der Waals surface area (Å²) in [5.41, 5.74) is -0.413. The van der Waals surface area contributed by atoms with Crippen molar-refractivity contribution in [3.63, 3.8) is 0 Å². The summed E-state index contributed by atoms with van der Waals surface area (Å²) < 4.78 is 29.3. The molecule has 5 nitrogen and oxygen atoms in total. The van der Waals surface area contributed by atoms with E-state index in [1.54, 1.807) is 31.4 Å². The van der Waals surface area contributed by atoms with E-state index in [2.05, 4.69) is 36.6 Å². The highest BCUT2D eigenvalue weighted by Crippen LogP contribution is 2.26. The Balaban J connectivity index is 2.49. The van der Waals surface area contributed by atoms with Gasteiger partial charge in [-0.15, -0.1) is 0 Å². The average molecular weight is 422 g/mol. The van der Waals surface area contributed by atoms with Crippen LogP contribution in [0.25, 0.3) is 0 Å². The summed E-state index contributed by atoms with van der Waals surface area (Å²) in [5, 5.41) is 0. The lowest BCUT2D eigenvalue weighted by molar-refractivity contribution is 0.600. The molecule has 1 aromatic heterocycles. The Labute approximate surface area is 132 Å². The van der Waals surface area contributed by atoms with Crippen molar-refractivity contribution in [2.75, 3.05) is 4.72 Å². The normalized spacial score (nSPS) is 11.3. The first-order chi connectivity index (χ1) is 9.31. The molecule has 0 aliphatic rings. The van der Waals surface area contributed by atoms with Crippen molar-refractivity contribution in [2.24, 2.45) is 7.05 Å². The first-order valence-electron chi connectivity index (χ1n) is 5.45. The fourth-order valence-electron chi connectivity index (χ4n) is 1.56. The van der Waals surface area contributed by atoms with Crippen LogP contribution in [-0.2, 0) is 17.1 Å². The molecule has 0 aliphatic heterocycles. The largest absolute Gasteiger partial charge is 0.317 e. The molecular weight excluding hydrogens is 412 g/mol. The Morgan fingerprint density at radius 2 is 1.90 bits per heavy atom. The second-order valence-electron chi connectivity index (χ2n) is 4.02. The van der Waals surface area contributed by atoms with Crippen LogP contribution in [0, 0.1) is 0 Å². The fraction of sp³-hybridized carbons (Fsp3) is 0.0833. The van der Waals surface area contributed by atoms with Gasteiger partial charge in [-0.3, -0.25) is 9.52 Å². The highest BCUT2D eigenvalue weighted by Gasteiger charge is 2.19. The lowest BCUT2D eigenvalue weighted by Gasteiger charge is -2.10. The maximum Gasteiger partial charge on any atom is 0.274 e. The van der Waals surface area contributed by atoms with Crippen LogP contribution in [0.1, 0.15) is 0 Å². The second-order valence-corrected chi connectivity index (χ2v) is 7.44. The minimum Gasteiger partial charge on any atom is -0.317 e. The Morgan fingerprint density at radius 1 is 1.20 bits per heavy atom. The zero-order chi connectivity index (χ0) is 14.9. The van der Waals surface area contributed by atoms with E-state index in [-0.39, 0.29) is 10.6 Å². The van der Waals surface area contributed by atoms with Crippen molar-refractivity contribution in [2.45, 2.75) is 4.90 Å². The summed E-state index contributed by atoms with van der Waals surface area (Å²) in [6, 6.07) is 7.80. The van der Waals surface area contributed by atoms with Crippen molar-refractivity contribution in [3.8, 4) is 0 Å². The first kappa shape index (κ1) is 15.3. The third-order valence-corrected chi connectivity index (χ3v) is 5.40. The Kier molecular flexibility index (Phi) is 4.36. The number of nitrogens with zero attached hydrogens (tertiary/aromatic N) is 1. The molecule has 2 aromatic rings. The molecule has 1 N–H and O–H groups in total. The Hall–Kier alpha value is -1.12. The monoisotopic (exact) mass is 420 g/mol. The Bertz CT molecular complexity index is 816. The molecule has 0 saturated carbocycles. The van der Waals surface area contributed by atoms with Crippen LogP contribution in [0.2, 0.25) is 0 Å². The minimum atomic E-state index is -3.85. The highest BCUT2D eigenvalue weighted by molar-refractivity contribution is 9.11. The number of sulfonamides is 1. The second kappa shape index (κ2) is 5.71. The molecule has 2 rings (SSSR count). The zero-order valence-corrected chi connectivity index (χ0v) is 14.3. The van der Waals surface area contributed by atoms with E-state index in [0.29, 0.717) is 8.95 Å². The fourth-order valence-corrected chi connectivity index (χ4v) is 4.12. The molecule has 0 atom stereocenters. The molecule has 0 aliphatic carbocycles. The minimum absolute atomic E-state index is 0.00174. The van der Waals surface area contributed by atoms with Gasteiger partial charge in [-0.25, -0.2) is 8.42 Å². The summed E-state index contributed by atoms with van der Waals surface area (Å²) in [6.45, 7) is 0. The van der Waals surface area contributed by atoms with E-state index < -0.39 is 15.6 Å². The SMILES string of the molecule is Cn1cccc(NS(=O)(=O)c2cc(Br)ccc2Br)c1=O. The lowest BCUT2D eigenvalue weighted by atomic mass is 10.4. The number of pyridine rings is 1. The van der Waals surface area contributed by atoms with E-state index in [1.807, 2.05) is 0 Å². The van der Waals surface area contributed by atoms with Crippen LogP contribution in [0.3, 0.4) is 0 Å². The van der Waals surface area contributed by atoms with Crippen molar-refractivity contribution < 1.29 is 8.42 Å². The van der Waals surface area contributed by atoms with Crippen LogP contribution in [-0.4, -0.2) is 13.0 Å². The van der Waals surface area contributed by atoms with Gasteiger partial charge in [0.25, 0.3) is 15.6 Å². The third-order valence-electron chi connectivity index (χ3n) is 2.55. The van der Waals surface area contributed by atoms with E-state index in [0.717, 1.165) is 0 Å². The molecule has 20 heavy (non-hydrogen) atoms. The maximum atomic E-state index is 12.3. The van der Waals surface area contributed by atoms with E-state index >= 15 is 0 Å². The molecule has 0 amide bonds. The smallest absolute Gasteiger partial charge is 0.274 e. The van der Waals surface area contributed by atoms with Crippen LogP contribution >= 0.6 is 31.9 Å². The average Bonchev–Trinajstić information content (AvgIpc) is 2.37. The molecule has 0 unspecified atom stereocenters. The predicted molar refractivity (Wildman–Crippen MR) is 84.3 cm³/mol. The molecule has 1 aromatic carbocycles.